The van der Waals surface area contributed by atoms with Crippen LogP contribution in [0.15, 0.2) is 36.5 Å². The van der Waals surface area contributed by atoms with Gasteiger partial charge in [-0.3, -0.25) is 9.69 Å². The summed E-state index contributed by atoms with van der Waals surface area (Å²) in [4.78, 5) is 19.6. The largest absolute Gasteiger partial charge is 0.369 e. The van der Waals surface area contributed by atoms with Gasteiger partial charge in [0, 0.05) is 63.9 Å². The van der Waals surface area contributed by atoms with Gasteiger partial charge in [0.2, 0.25) is 0 Å². The third-order valence-corrected chi connectivity index (χ3v) is 6.03. The van der Waals surface area contributed by atoms with Gasteiger partial charge in [-0.2, -0.15) is 0 Å². The van der Waals surface area contributed by atoms with E-state index in [1.165, 1.54) is 17.8 Å². The maximum atomic E-state index is 13.1. The van der Waals surface area contributed by atoms with Crippen molar-refractivity contribution in [2.45, 2.75) is 19.3 Å². The molecular formula is C22H29FN4O. The van der Waals surface area contributed by atoms with Crippen LogP contribution in [0.4, 0.5) is 10.1 Å². The van der Waals surface area contributed by atoms with Gasteiger partial charge < -0.3 is 14.4 Å². The van der Waals surface area contributed by atoms with E-state index >= 15 is 0 Å². The van der Waals surface area contributed by atoms with Crippen molar-refractivity contribution in [1.29, 1.82) is 0 Å². The maximum Gasteiger partial charge on any atom is 0.255 e. The molecule has 0 bridgehead atoms. The van der Waals surface area contributed by atoms with Crippen molar-refractivity contribution in [1.82, 2.24) is 14.4 Å². The summed E-state index contributed by atoms with van der Waals surface area (Å²) in [7, 11) is 2.02. The minimum absolute atomic E-state index is 0.187. The van der Waals surface area contributed by atoms with E-state index in [1.807, 2.05) is 36.3 Å². The molecule has 1 amide bonds. The molecule has 2 aliphatic heterocycles. The molecule has 6 heteroatoms. The van der Waals surface area contributed by atoms with Crippen LogP contribution in [-0.2, 0) is 13.5 Å². The zero-order valence-electron chi connectivity index (χ0n) is 16.6. The predicted molar refractivity (Wildman–Crippen MR) is 109 cm³/mol. The van der Waals surface area contributed by atoms with Crippen LogP contribution in [0.3, 0.4) is 0 Å². The standard InChI is InChI=1S/C22H29FN4O/c1-24-13-9-20-21(24)4-2-11-27(22(20)28)12-3-10-25-14-16-26(17-15-25)19-7-5-18(23)6-8-19/h5-9,13H,2-4,10-12,14-17H2,1H3. The second kappa shape index (κ2) is 8.35. The lowest BCUT2D eigenvalue weighted by molar-refractivity contribution is 0.0753. The fraction of sp³-hybridized carbons (Fsp3) is 0.500. The van der Waals surface area contributed by atoms with Crippen molar-refractivity contribution in [3.05, 3.63) is 53.6 Å². The van der Waals surface area contributed by atoms with Crippen LogP contribution in [0.1, 0.15) is 28.9 Å². The van der Waals surface area contributed by atoms with Crippen LogP contribution >= 0.6 is 0 Å². The van der Waals surface area contributed by atoms with Crippen molar-refractivity contribution >= 4 is 11.6 Å². The van der Waals surface area contributed by atoms with Gasteiger partial charge in [-0.25, -0.2) is 4.39 Å². The number of hydrogen-bond acceptors (Lipinski definition) is 3. The number of anilines is 1. The number of aromatic nitrogens is 1. The average Bonchev–Trinajstić information content (AvgIpc) is 2.99. The summed E-state index contributed by atoms with van der Waals surface area (Å²) in [6.45, 7) is 6.63. The van der Waals surface area contributed by atoms with Gasteiger partial charge in [0.15, 0.2) is 0 Å². The number of nitrogens with zero attached hydrogens (tertiary/aromatic N) is 4. The Labute approximate surface area is 166 Å². The Morgan fingerprint density at radius 3 is 2.46 bits per heavy atom. The lowest BCUT2D eigenvalue weighted by Gasteiger charge is -2.36. The molecule has 0 spiro atoms. The molecule has 1 saturated heterocycles. The molecule has 2 aliphatic rings. The van der Waals surface area contributed by atoms with Gasteiger partial charge in [0.1, 0.15) is 5.82 Å². The number of piperazine rings is 1. The lowest BCUT2D eigenvalue weighted by Crippen LogP contribution is -2.47. The third-order valence-electron chi connectivity index (χ3n) is 6.03. The Bertz CT molecular complexity index is 808. The molecule has 3 heterocycles. The van der Waals surface area contributed by atoms with E-state index in [1.54, 1.807) is 0 Å². The van der Waals surface area contributed by atoms with Gasteiger partial charge in [0.25, 0.3) is 5.91 Å². The minimum atomic E-state index is -0.187. The van der Waals surface area contributed by atoms with Crippen molar-refractivity contribution in [2.24, 2.45) is 7.05 Å². The summed E-state index contributed by atoms with van der Waals surface area (Å²) in [5, 5.41) is 0. The second-order valence-corrected chi connectivity index (χ2v) is 7.84. The van der Waals surface area contributed by atoms with Crippen molar-refractivity contribution in [3.63, 3.8) is 0 Å². The summed E-state index contributed by atoms with van der Waals surface area (Å²) >= 11 is 0. The highest BCUT2D eigenvalue weighted by molar-refractivity contribution is 5.95. The number of amides is 1. The molecule has 28 heavy (non-hydrogen) atoms. The molecule has 150 valence electrons. The molecule has 0 N–H and O–H groups in total. The zero-order valence-corrected chi connectivity index (χ0v) is 16.6. The first kappa shape index (κ1) is 19.0. The van der Waals surface area contributed by atoms with Crippen molar-refractivity contribution < 1.29 is 9.18 Å². The first-order valence-corrected chi connectivity index (χ1v) is 10.3. The Morgan fingerprint density at radius 1 is 0.964 bits per heavy atom. The molecule has 0 atom stereocenters. The molecule has 1 aromatic heterocycles. The first-order chi connectivity index (χ1) is 13.6. The van der Waals surface area contributed by atoms with Gasteiger partial charge in [0.05, 0.1) is 5.56 Å². The van der Waals surface area contributed by atoms with E-state index in [9.17, 15) is 9.18 Å². The van der Waals surface area contributed by atoms with Crippen molar-refractivity contribution in [3.8, 4) is 0 Å². The van der Waals surface area contributed by atoms with Crippen LogP contribution in [0, 0.1) is 5.82 Å². The summed E-state index contributed by atoms with van der Waals surface area (Å²) in [5.74, 6) is 0.00213. The number of halogens is 1. The molecule has 0 unspecified atom stereocenters. The van der Waals surface area contributed by atoms with Crippen LogP contribution in [-0.4, -0.2) is 66.1 Å². The molecule has 0 radical (unpaired) electrons. The smallest absolute Gasteiger partial charge is 0.255 e. The number of hydrogen-bond donors (Lipinski definition) is 0. The van der Waals surface area contributed by atoms with Gasteiger partial charge in [-0.1, -0.05) is 0 Å². The SMILES string of the molecule is Cn1ccc2c1CCCN(CCCN1CCN(c3ccc(F)cc3)CC1)C2=O. The maximum absolute atomic E-state index is 13.1. The van der Waals surface area contributed by atoms with Gasteiger partial charge in [-0.05, 0) is 56.1 Å². The van der Waals surface area contributed by atoms with E-state index in [2.05, 4.69) is 14.4 Å². The number of fused-ring (bicyclic) bond motifs is 1. The highest BCUT2D eigenvalue weighted by atomic mass is 19.1. The van der Waals surface area contributed by atoms with Crippen LogP contribution in [0.5, 0.6) is 0 Å². The van der Waals surface area contributed by atoms with Crippen LogP contribution < -0.4 is 4.90 Å². The normalized spacial score (nSPS) is 18.3. The topological polar surface area (TPSA) is 31.7 Å². The molecular weight excluding hydrogens is 355 g/mol. The molecule has 2 aromatic rings. The second-order valence-electron chi connectivity index (χ2n) is 7.84. The third kappa shape index (κ3) is 4.07. The van der Waals surface area contributed by atoms with Crippen LogP contribution in [0.2, 0.25) is 0 Å². The van der Waals surface area contributed by atoms with Crippen molar-refractivity contribution in [2.75, 3.05) is 50.7 Å². The highest BCUT2D eigenvalue weighted by Gasteiger charge is 2.24. The summed E-state index contributed by atoms with van der Waals surface area (Å²) in [5.41, 5.74) is 3.15. The number of aryl methyl sites for hydroxylation is 1. The number of benzene rings is 1. The molecule has 1 aromatic carbocycles. The van der Waals surface area contributed by atoms with Gasteiger partial charge in [-0.15, -0.1) is 0 Å². The highest BCUT2D eigenvalue weighted by Crippen LogP contribution is 2.20. The Morgan fingerprint density at radius 2 is 1.71 bits per heavy atom. The molecule has 0 aliphatic carbocycles. The number of carbonyl (C=O) groups excluding carboxylic acids is 1. The minimum Gasteiger partial charge on any atom is -0.369 e. The molecule has 5 nitrogen and oxygen atoms in total. The van der Waals surface area contributed by atoms with E-state index in [4.69, 9.17) is 0 Å². The van der Waals surface area contributed by atoms with E-state index in [-0.39, 0.29) is 11.7 Å². The quantitative estimate of drug-likeness (QED) is 0.795. The summed E-state index contributed by atoms with van der Waals surface area (Å²) in [6, 6.07) is 8.72. The molecule has 1 fully saturated rings. The summed E-state index contributed by atoms with van der Waals surface area (Å²) < 4.78 is 15.2. The zero-order chi connectivity index (χ0) is 19.5. The lowest BCUT2D eigenvalue weighted by atomic mass is 10.2. The predicted octanol–water partition coefficient (Wildman–Crippen LogP) is 2.76. The van der Waals surface area contributed by atoms with E-state index in [0.29, 0.717) is 0 Å². The fourth-order valence-corrected chi connectivity index (χ4v) is 4.36. The first-order valence-electron chi connectivity index (χ1n) is 10.3. The monoisotopic (exact) mass is 384 g/mol. The molecule has 0 saturated carbocycles. The number of carbonyl (C=O) groups is 1. The van der Waals surface area contributed by atoms with Crippen LogP contribution in [0.25, 0.3) is 0 Å². The number of rotatable bonds is 5. The Balaban J connectivity index is 1.24. The molecule has 4 rings (SSSR count). The van der Waals surface area contributed by atoms with E-state index in [0.717, 1.165) is 76.3 Å². The summed E-state index contributed by atoms with van der Waals surface area (Å²) in [6.07, 6.45) is 5.01. The Kier molecular flexibility index (Phi) is 5.67. The average molecular weight is 384 g/mol. The fourth-order valence-electron chi connectivity index (χ4n) is 4.36. The Hall–Kier alpha value is -2.34. The van der Waals surface area contributed by atoms with Gasteiger partial charge >= 0.3 is 0 Å². The van der Waals surface area contributed by atoms with E-state index < -0.39 is 0 Å².